The van der Waals surface area contributed by atoms with Crippen molar-refractivity contribution in [3.05, 3.63) is 29.3 Å². The molecule has 0 unspecified atom stereocenters. The minimum absolute atomic E-state index is 0.799. The zero-order valence-corrected chi connectivity index (χ0v) is 12.0. The van der Waals surface area contributed by atoms with Crippen LogP contribution in [0.2, 0.25) is 5.02 Å². The van der Waals surface area contributed by atoms with Gasteiger partial charge in [0.15, 0.2) is 0 Å². The maximum absolute atomic E-state index is 8.70. The lowest BCUT2D eigenvalue weighted by Gasteiger charge is -1.92. The predicted octanol–water partition coefficient (Wildman–Crippen LogP) is 2.32. The molecule has 0 amide bonds. The normalized spacial score (nSPS) is 8.12. The molecule has 0 aromatic heterocycles. The molecular weight excluding hydrogens is 310 g/mol. The second-order valence-electron chi connectivity index (χ2n) is 2.16. The lowest BCUT2D eigenvalue weighted by Crippen LogP contribution is -1.66. The van der Waals surface area contributed by atoms with Crippen LogP contribution in [-0.4, -0.2) is 25.8 Å². The highest BCUT2D eigenvalue weighted by Crippen LogP contribution is 2.16. The number of rotatable bonds is 1. The smallest absolute Gasteiger partial charge is 0.134 e. The van der Waals surface area contributed by atoms with Crippen LogP contribution in [0.25, 0.3) is 0 Å². The molecule has 1 aromatic carbocycles. The number of benzene rings is 1. The molecule has 0 aliphatic rings. The Morgan fingerprint density at radius 3 is 1.53 bits per heavy atom. The van der Waals surface area contributed by atoms with Gasteiger partial charge in [0, 0.05) is 19.0 Å². The molecule has 10 heteroatoms. The van der Waals surface area contributed by atoms with Crippen LogP contribution in [0, 0.1) is 0 Å². The van der Waals surface area contributed by atoms with Gasteiger partial charge in [-0.25, -0.2) is 0 Å². The van der Waals surface area contributed by atoms with Gasteiger partial charge in [0.2, 0.25) is 0 Å². The van der Waals surface area contributed by atoms with Gasteiger partial charge in [-0.05, 0) is 30.5 Å². The fraction of sp³-hybridized carbons (Fsp3) is 0.143. The molecular formula is C7H11ClO6P2S+2. The second kappa shape index (κ2) is 12.4. The predicted molar refractivity (Wildman–Crippen MR) is 67.3 cm³/mol. The molecule has 4 N–H and O–H groups in total. The number of hydrogen-bond acceptors (Lipinski definition) is 3. The highest BCUT2D eigenvalue weighted by molar-refractivity contribution is 7.98. The zero-order valence-electron chi connectivity index (χ0n) is 8.60. The van der Waals surface area contributed by atoms with Crippen molar-refractivity contribution >= 4 is 39.9 Å². The molecule has 0 saturated heterocycles. The largest absolute Gasteiger partial charge is 0.692 e. The van der Waals surface area contributed by atoms with E-state index in [0.717, 1.165) is 5.02 Å². The standard InChI is InChI=1S/C7H7ClS.2HO3P/c1-9-7-4-2-6(8)3-5-7;2*1-4(2)3/h2-5H,1H3;2*(H-,1,2,3)/p+2. The van der Waals surface area contributed by atoms with Crippen LogP contribution in [0.4, 0.5) is 0 Å². The summed E-state index contributed by atoms with van der Waals surface area (Å²) in [5.41, 5.74) is 0. The Labute approximate surface area is 109 Å². The van der Waals surface area contributed by atoms with Crippen LogP contribution < -0.4 is 0 Å². The summed E-state index contributed by atoms with van der Waals surface area (Å²) in [5, 5.41) is 0.799. The fourth-order valence-electron chi connectivity index (χ4n) is 0.571. The summed E-state index contributed by atoms with van der Waals surface area (Å²) in [6.45, 7) is 0. The Hall–Kier alpha value is -0.100. The molecule has 96 valence electrons. The Morgan fingerprint density at radius 2 is 1.29 bits per heavy atom. The van der Waals surface area contributed by atoms with Crippen molar-refractivity contribution in [2.24, 2.45) is 0 Å². The summed E-state index contributed by atoms with van der Waals surface area (Å²) < 4.78 is 17.4. The average molecular weight is 321 g/mol. The molecule has 1 rings (SSSR count). The molecule has 0 fully saturated rings. The van der Waals surface area contributed by atoms with Crippen LogP contribution in [0.5, 0.6) is 0 Å². The van der Waals surface area contributed by atoms with Gasteiger partial charge in [0.25, 0.3) is 0 Å². The van der Waals surface area contributed by atoms with Crippen molar-refractivity contribution in [1.82, 2.24) is 0 Å². The summed E-state index contributed by atoms with van der Waals surface area (Å²) in [6, 6.07) is 7.81. The number of halogens is 1. The Balaban J connectivity index is 0. The highest BCUT2D eigenvalue weighted by Gasteiger charge is 1.93. The molecule has 0 heterocycles. The van der Waals surface area contributed by atoms with E-state index >= 15 is 0 Å². The Morgan fingerprint density at radius 1 is 1.00 bits per heavy atom. The van der Waals surface area contributed by atoms with Gasteiger partial charge in [0.1, 0.15) is 0 Å². The fourth-order valence-corrected chi connectivity index (χ4v) is 1.10. The van der Waals surface area contributed by atoms with Gasteiger partial charge < -0.3 is 0 Å². The molecule has 0 radical (unpaired) electrons. The summed E-state index contributed by atoms with van der Waals surface area (Å²) in [6.07, 6.45) is 2.04. The van der Waals surface area contributed by atoms with Crippen LogP contribution in [0.1, 0.15) is 0 Å². The van der Waals surface area contributed by atoms with E-state index in [9.17, 15) is 0 Å². The monoisotopic (exact) mass is 320 g/mol. The first-order valence-corrected chi connectivity index (χ1v) is 7.72. The van der Waals surface area contributed by atoms with Crippen molar-refractivity contribution < 1.29 is 28.7 Å². The van der Waals surface area contributed by atoms with Crippen LogP contribution in [-0.2, 0) is 9.13 Å². The van der Waals surface area contributed by atoms with Crippen molar-refractivity contribution in [2.75, 3.05) is 6.26 Å². The summed E-state index contributed by atoms with van der Waals surface area (Å²) in [7, 11) is -5.74. The number of thioether (sulfide) groups is 1. The molecule has 0 aliphatic heterocycles. The first kappa shape index (κ1) is 19.2. The third-order valence-corrected chi connectivity index (χ3v) is 2.04. The van der Waals surface area contributed by atoms with E-state index in [0.29, 0.717) is 0 Å². The minimum atomic E-state index is -2.87. The van der Waals surface area contributed by atoms with E-state index in [1.807, 2.05) is 30.5 Å². The lowest BCUT2D eigenvalue weighted by atomic mass is 10.4. The van der Waals surface area contributed by atoms with Gasteiger partial charge in [-0.2, -0.15) is 0 Å². The molecule has 17 heavy (non-hydrogen) atoms. The summed E-state index contributed by atoms with van der Waals surface area (Å²) in [4.78, 5) is 29.7. The first-order valence-electron chi connectivity index (χ1n) is 3.79. The van der Waals surface area contributed by atoms with E-state index in [2.05, 4.69) is 0 Å². The van der Waals surface area contributed by atoms with E-state index < -0.39 is 16.5 Å². The van der Waals surface area contributed by atoms with Gasteiger partial charge in [-0.1, -0.05) is 11.6 Å². The Kier molecular flexibility index (Phi) is 14.0. The molecule has 0 saturated carbocycles. The summed E-state index contributed by atoms with van der Waals surface area (Å²) in [5.74, 6) is 0. The van der Waals surface area contributed by atoms with Gasteiger partial charge in [-0.15, -0.1) is 31.3 Å². The molecule has 0 aliphatic carbocycles. The summed E-state index contributed by atoms with van der Waals surface area (Å²) >= 11 is 7.38. The van der Waals surface area contributed by atoms with E-state index in [1.165, 1.54) is 4.90 Å². The third-order valence-electron chi connectivity index (χ3n) is 1.05. The van der Waals surface area contributed by atoms with Crippen molar-refractivity contribution in [2.45, 2.75) is 4.90 Å². The van der Waals surface area contributed by atoms with E-state index in [-0.39, 0.29) is 0 Å². The maximum atomic E-state index is 8.70. The van der Waals surface area contributed by atoms with Crippen molar-refractivity contribution in [3.63, 3.8) is 0 Å². The Bertz CT molecular complexity index is 327. The van der Waals surface area contributed by atoms with Gasteiger partial charge in [0.05, 0.1) is 0 Å². The number of hydrogen-bond donors (Lipinski definition) is 4. The highest BCUT2D eigenvalue weighted by atomic mass is 35.5. The van der Waals surface area contributed by atoms with E-state index in [1.54, 1.807) is 11.8 Å². The minimum Gasteiger partial charge on any atom is -0.134 e. The SMILES string of the molecule is CSc1ccc(Cl)cc1.O=[P+](O)O.O=[P+](O)O. The quantitative estimate of drug-likeness (QED) is 0.463. The topological polar surface area (TPSA) is 115 Å². The average Bonchev–Trinajstić information content (AvgIpc) is 2.17. The molecule has 0 spiro atoms. The maximum Gasteiger partial charge on any atom is 0.692 e. The lowest BCUT2D eigenvalue weighted by molar-refractivity contribution is 0.403. The van der Waals surface area contributed by atoms with Crippen LogP contribution in [0.15, 0.2) is 29.2 Å². The third kappa shape index (κ3) is 21.7. The van der Waals surface area contributed by atoms with Crippen molar-refractivity contribution in [3.8, 4) is 0 Å². The van der Waals surface area contributed by atoms with E-state index in [4.69, 9.17) is 40.3 Å². The van der Waals surface area contributed by atoms with Crippen LogP contribution in [0.3, 0.4) is 0 Å². The second-order valence-corrected chi connectivity index (χ2v) is 4.49. The van der Waals surface area contributed by atoms with Gasteiger partial charge in [-0.3, -0.25) is 0 Å². The molecule has 6 nitrogen and oxygen atoms in total. The van der Waals surface area contributed by atoms with Gasteiger partial charge >= 0.3 is 16.5 Å². The molecule has 1 aromatic rings. The van der Waals surface area contributed by atoms with Crippen LogP contribution >= 0.6 is 39.9 Å². The zero-order chi connectivity index (χ0) is 13.8. The van der Waals surface area contributed by atoms with Crippen molar-refractivity contribution in [1.29, 1.82) is 0 Å². The first-order chi connectivity index (χ1) is 7.79. The molecule has 0 atom stereocenters. The molecule has 0 bridgehead atoms.